The molecule has 0 aliphatic carbocycles. The van der Waals surface area contributed by atoms with Gasteiger partial charge in [0.1, 0.15) is 11.9 Å². The second-order valence-corrected chi connectivity index (χ2v) is 5.47. The van der Waals surface area contributed by atoms with E-state index in [2.05, 4.69) is 10.6 Å². The molecular formula is C16H24ClFN2O4. The lowest BCUT2D eigenvalue weighted by Gasteiger charge is -2.30. The summed E-state index contributed by atoms with van der Waals surface area (Å²) in [7, 11) is 2.92. The highest BCUT2D eigenvalue weighted by atomic mass is 35.5. The van der Waals surface area contributed by atoms with Crippen molar-refractivity contribution in [1.82, 2.24) is 10.6 Å². The molecule has 0 aromatic heterocycles. The van der Waals surface area contributed by atoms with E-state index < -0.39 is 17.9 Å². The van der Waals surface area contributed by atoms with Crippen LogP contribution in [0, 0.1) is 5.82 Å². The molecule has 1 aromatic carbocycles. The normalized spacial score (nSPS) is 21.4. The maximum Gasteiger partial charge on any atom is 0.240 e. The molecule has 1 fully saturated rings. The Kier molecular flexibility index (Phi) is 7.72. The van der Waals surface area contributed by atoms with Gasteiger partial charge in [-0.3, -0.25) is 4.79 Å². The zero-order valence-electron chi connectivity index (χ0n) is 14.2. The maximum absolute atomic E-state index is 14.2. The number of halogens is 2. The first kappa shape index (κ1) is 20.5. The van der Waals surface area contributed by atoms with E-state index in [1.165, 1.54) is 26.4 Å². The third-order valence-corrected chi connectivity index (χ3v) is 3.93. The number of ether oxygens (including phenoxy) is 3. The second-order valence-electron chi connectivity index (χ2n) is 5.47. The minimum absolute atomic E-state index is 0. The molecule has 1 unspecified atom stereocenters. The molecule has 0 bridgehead atoms. The van der Waals surface area contributed by atoms with E-state index in [0.717, 1.165) is 0 Å². The summed E-state index contributed by atoms with van der Waals surface area (Å²) in [6, 6.07) is 1.82. The minimum atomic E-state index is -0.516. The van der Waals surface area contributed by atoms with Crippen LogP contribution in [0.1, 0.15) is 25.5 Å². The molecule has 6 nitrogen and oxygen atoms in total. The number of carbonyl (C=O) groups excluding carboxylic acids is 1. The number of morpholine rings is 1. The van der Waals surface area contributed by atoms with E-state index >= 15 is 0 Å². The van der Waals surface area contributed by atoms with Crippen molar-refractivity contribution in [2.45, 2.75) is 32.0 Å². The highest BCUT2D eigenvalue weighted by Crippen LogP contribution is 2.32. The summed E-state index contributed by atoms with van der Waals surface area (Å²) in [5, 5.41) is 5.91. The molecule has 1 aliphatic rings. The lowest BCUT2D eigenvalue weighted by atomic mass is 10.0. The van der Waals surface area contributed by atoms with Crippen molar-refractivity contribution in [1.29, 1.82) is 0 Å². The van der Waals surface area contributed by atoms with Gasteiger partial charge in [0.05, 0.1) is 33.0 Å². The van der Waals surface area contributed by atoms with Gasteiger partial charge in [-0.2, -0.15) is 0 Å². The van der Waals surface area contributed by atoms with Gasteiger partial charge >= 0.3 is 0 Å². The second kappa shape index (κ2) is 9.05. The number of benzene rings is 1. The van der Waals surface area contributed by atoms with Crippen molar-refractivity contribution in [2.24, 2.45) is 0 Å². The standard InChI is InChI=1S/C16H23FN2O4.ClH/c1-9(19-16(20)15-10(2)23-6-5-18-15)11-7-13(21-3)14(22-4)8-12(11)17;/h7-10,15,18H,5-6H2,1-4H3,(H,19,20);1H/t9?,10-,15+;/m1./s1. The first-order chi connectivity index (χ1) is 11.0. The highest BCUT2D eigenvalue weighted by Gasteiger charge is 2.29. The van der Waals surface area contributed by atoms with Crippen molar-refractivity contribution in [3.63, 3.8) is 0 Å². The van der Waals surface area contributed by atoms with Gasteiger partial charge in [0, 0.05) is 18.2 Å². The number of carbonyl (C=O) groups is 1. The third kappa shape index (κ3) is 4.49. The van der Waals surface area contributed by atoms with Crippen LogP contribution in [0.3, 0.4) is 0 Å². The van der Waals surface area contributed by atoms with Crippen LogP contribution in [0.2, 0.25) is 0 Å². The number of amides is 1. The fourth-order valence-electron chi connectivity index (χ4n) is 2.61. The molecule has 1 heterocycles. The van der Waals surface area contributed by atoms with Gasteiger partial charge in [-0.25, -0.2) is 4.39 Å². The van der Waals surface area contributed by atoms with Crippen LogP contribution in [0.5, 0.6) is 11.5 Å². The van der Waals surface area contributed by atoms with E-state index in [-0.39, 0.29) is 24.4 Å². The number of nitrogens with one attached hydrogen (secondary N) is 2. The van der Waals surface area contributed by atoms with Gasteiger partial charge in [0.2, 0.25) is 5.91 Å². The van der Waals surface area contributed by atoms with E-state index in [0.29, 0.717) is 30.2 Å². The summed E-state index contributed by atoms with van der Waals surface area (Å²) < 4.78 is 29.9. The molecule has 3 atom stereocenters. The Morgan fingerprint density at radius 1 is 1.38 bits per heavy atom. The topological polar surface area (TPSA) is 68.8 Å². The van der Waals surface area contributed by atoms with Gasteiger partial charge in [-0.05, 0) is 19.9 Å². The highest BCUT2D eigenvalue weighted by molar-refractivity contribution is 5.85. The van der Waals surface area contributed by atoms with Gasteiger partial charge in [-0.15, -0.1) is 12.4 Å². The van der Waals surface area contributed by atoms with Crippen molar-refractivity contribution < 1.29 is 23.4 Å². The molecule has 0 saturated carbocycles. The maximum atomic E-state index is 14.2. The Labute approximate surface area is 147 Å². The van der Waals surface area contributed by atoms with Crippen LogP contribution in [0.15, 0.2) is 12.1 Å². The van der Waals surface area contributed by atoms with Crippen LogP contribution in [-0.4, -0.2) is 45.4 Å². The number of hydrogen-bond donors (Lipinski definition) is 2. The van der Waals surface area contributed by atoms with E-state index in [1.807, 2.05) is 6.92 Å². The van der Waals surface area contributed by atoms with Crippen molar-refractivity contribution in [3.8, 4) is 11.5 Å². The van der Waals surface area contributed by atoms with Crippen LogP contribution in [0.4, 0.5) is 4.39 Å². The Bertz CT molecular complexity index is 573. The monoisotopic (exact) mass is 362 g/mol. The fourth-order valence-corrected chi connectivity index (χ4v) is 2.61. The molecule has 0 radical (unpaired) electrons. The number of methoxy groups -OCH3 is 2. The van der Waals surface area contributed by atoms with Crippen LogP contribution in [0.25, 0.3) is 0 Å². The molecule has 136 valence electrons. The smallest absolute Gasteiger partial charge is 0.240 e. The number of rotatable bonds is 5. The molecule has 24 heavy (non-hydrogen) atoms. The predicted octanol–water partition coefficient (Wildman–Crippen LogP) is 1.82. The third-order valence-electron chi connectivity index (χ3n) is 3.93. The predicted molar refractivity (Wildman–Crippen MR) is 90.5 cm³/mol. The van der Waals surface area contributed by atoms with E-state index in [4.69, 9.17) is 14.2 Å². The zero-order valence-corrected chi connectivity index (χ0v) is 15.0. The first-order valence-electron chi connectivity index (χ1n) is 7.54. The lowest BCUT2D eigenvalue weighted by Crippen LogP contribution is -2.55. The van der Waals surface area contributed by atoms with Gasteiger partial charge in [-0.1, -0.05) is 0 Å². The zero-order chi connectivity index (χ0) is 17.0. The van der Waals surface area contributed by atoms with Crippen molar-refractivity contribution in [2.75, 3.05) is 27.4 Å². The molecule has 1 saturated heterocycles. The Morgan fingerprint density at radius 2 is 2.00 bits per heavy atom. The van der Waals surface area contributed by atoms with E-state index in [1.54, 1.807) is 6.92 Å². The molecule has 1 aromatic rings. The summed E-state index contributed by atoms with van der Waals surface area (Å²) >= 11 is 0. The van der Waals surface area contributed by atoms with Crippen LogP contribution in [-0.2, 0) is 9.53 Å². The van der Waals surface area contributed by atoms with E-state index in [9.17, 15) is 9.18 Å². The van der Waals surface area contributed by atoms with Gasteiger partial charge in [0.15, 0.2) is 11.5 Å². The summed E-state index contributed by atoms with van der Waals surface area (Å²) in [5.74, 6) is 0.0379. The molecule has 1 aliphatic heterocycles. The largest absolute Gasteiger partial charge is 0.493 e. The SMILES string of the molecule is COc1cc(F)c(C(C)NC(=O)[C@H]2NCCO[C@@H]2C)cc1OC.Cl. The molecule has 2 N–H and O–H groups in total. The molecule has 8 heteroatoms. The Morgan fingerprint density at radius 3 is 2.58 bits per heavy atom. The summed E-state index contributed by atoms with van der Waals surface area (Å²) in [6.45, 7) is 4.74. The fraction of sp³-hybridized carbons (Fsp3) is 0.562. The Balaban J connectivity index is 0.00000288. The first-order valence-corrected chi connectivity index (χ1v) is 7.54. The van der Waals surface area contributed by atoms with Crippen molar-refractivity contribution >= 4 is 18.3 Å². The van der Waals surface area contributed by atoms with Crippen molar-refractivity contribution in [3.05, 3.63) is 23.5 Å². The Hall–Kier alpha value is -1.57. The van der Waals surface area contributed by atoms with Gasteiger partial charge < -0.3 is 24.8 Å². The van der Waals surface area contributed by atoms with Gasteiger partial charge in [0.25, 0.3) is 0 Å². The molecule has 1 amide bonds. The average molecular weight is 363 g/mol. The quantitative estimate of drug-likeness (QED) is 0.836. The molecular weight excluding hydrogens is 339 g/mol. The van der Waals surface area contributed by atoms with Crippen LogP contribution < -0.4 is 20.1 Å². The number of hydrogen-bond acceptors (Lipinski definition) is 5. The summed E-state index contributed by atoms with van der Waals surface area (Å²) in [6.07, 6.45) is -0.230. The summed E-state index contributed by atoms with van der Waals surface area (Å²) in [5.41, 5.74) is 0.334. The molecule has 0 spiro atoms. The van der Waals surface area contributed by atoms with Crippen LogP contribution >= 0.6 is 12.4 Å². The lowest BCUT2D eigenvalue weighted by molar-refractivity contribution is -0.129. The average Bonchev–Trinajstić information content (AvgIpc) is 2.54. The summed E-state index contributed by atoms with van der Waals surface area (Å²) in [4.78, 5) is 12.3. The minimum Gasteiger partial charge on any atom is -0.493 e. The molecule has 2 rings (SSSR count).